The van der Waals surface area contributed by atoms with Crippen LogP contribution in [0.25, 0.3) is 0 Å². The Labute approximate surface area is 124 Å². The average molecular weight is 343 g/mol. The van der Waals surface area contributed by atoms with E-state index in [1.165, 1.54) is 4.90 Å². The average Bonchev–Trinajstić information content (AvgIpc) is 2.41. The molecule has 1 aromatic rings. The molecule has 0 aromatic heterocycles. The van der Waals surface area contributed by atoms with Gasteiger partial charge in [0.1, 0.15) is 12.3 Å². The lowest BCUT2D eigenvalue weighted by molar-refractivity contribution is -0.125. The number of ether oxygens (including phenoxy) is 1. The van der Waals surface area contributed by atoms with Gasteiger partial charge in [0, 0.05) is 10.5 Å². The van der Waals surface area contributed by atoms with Gasteiger partial charge in [0.2, 0.25) is 5.91 Å². The molecule has 1 atom stereocenters. The van der Waals surface area contributed by atoms with Crippen LogP contribution in [0.3, 0.4) is 0 Å². The first-order chi connectivity index (χ1) is 9.51. The topological polar surface area (TPSA) is 78.9 Å². The van der Waals surface area contributed by atoms with Crippen LogP contribution in [0.15, 0.2) is 22.7 Å². The van der Waals surface area contributed by atoms with Gasteiger partial charge in [0.05, 0.1) is 12.3 Å². The lowest BCUT2D eigenvalue weighted by Gasteiger charge is -2.29. The van der Waals surface area contributed by atoms with Gasteiger partial charge in [-0.05, 0) is 25.1 Å². The van der Waals surface area contributed by atoms with Gasteiger partial charge >= 0.3 is 0 Å². The van der Waals surface area contributed by atoms with E-state index in [-0.39, 0.29) is 37.6 Å². The predicted octanol–water partition coefficient (Wildman–Crippen LogP) is 0.671. The number of amides is 2. The molecule has 1 aromatic carbocycles. The molecular formula is C13H15BrN2O4. The number of fused-ring (bicyclic) bond motifs is 1. The summed E-state index contributed by atoms with van der Waals surface area (Å²) in [7, 11) is 0. The number of hydrogen-bond acceptors (Lipinski definition) is 4. The Morgan fingerprint density at radius 1 is 1.60 bits per heavy atom. The van der Waals surface area contributed by atoms with Gasteiger partial charge in [-0.1, -0.05) is 15.9 Å². The minimum Gasteiger partial charge on any atom is -0.482 e. The van der Waals surface area contributed by atoms with E-state index < -0.39 is 0 Å². The summed E-state index contributed by atoms with van der Waals surface area (Å²) in [6, 6.07) is 4.91. The number of carbonyl (C=O) groups excluding carboxylic acids is 2. The van der Waals surface area contributed by atoms with Gasteiger partial charge in [-0.15, -0.1) is 0 Å². The van der Waals surface area contributed by atoms with E-state index in [0.29, 0.717) is 11.4 Å². The monoisotopic (exact) mass is 342 g/mol. The molecule has 1 aliphatic rings. The lowest BCUT2D eigenvalue weighted by Crippen LogP contribution is -2.47. The van der Waals surface area contributed by atoms with Crippen molar-refractivity contribution in [2.24, 2.45) is 0 Å². The molecule has 2 amide bonds. The Hall–Kier alpha value is -1.60. The number of rotatable bonds is 4. The van der Waals surface area contributed by atoms with Crippen molar-refractivity contribution in [3.63, 3.8) is 0 Å². The first-order valence-electron chi connectivity index (χ1n) is 6.14. The maximum absolute atomic E-state index is 11.9. The fraction of sp³-hybridized carbons (Fsp3) is 0.385. The third kappa shape index (κ3) is 3.29. The largest absolute Gasteiger partial charge is 0.482 e. The Morgan fingerprint density at radius 3 is 3.05 bits per heavy atom. The SMILES string of the molecule is CC(CO)NC(=O)CN1C(=O)COc2cc(Br)ccc21. The highest BCUT2D eigenvalue weighted by Gasteiger charge is 2.27. The minimum atomic E-state index is -0.344. The summed E-state index contributed by atoms with van der Waals surface area (Å²) in [6.45, 7) is 1.35. The Morgan fingerprint density at radius 2 is 2.35 bits per heavy atom. The van der Waals surface area contributed by atoms with Crippen molar-refractivity contribution in [2.75, 3.05) is 24.7 Å². The van der Waals surface area contributed by atoms with Gasteiger partial charge in [-0.2, -0.15) is 0 Å². The molecule has 20 heavy (non-hydrogen) atoms. The summed E-state index contributed by atoms with van der Waals surface area (Å²) >= 11 is 3.33. The molecule has 108 valence electrons. The Bertz CT molecular complexity index is 535. The summed E-state index contributed by atoms with van der Waals surface area (Å²) in [5.74, 6) is -0.0377. The van der Waals surface area contributed by atoms with Crippen molar-refractivity contribution in [1.82, 2.24) is 5.32 Å². The van der Waals surface area contributed by atoms with Crippen molar-refractivity contribution in [3.8, 4) is 5.75 Å². The zero-order valence-electron chi connectivity index (χ0n) is 10.9. The molecule has 1 unspecified atom stereocenters. The van der Waals surface area contributed by atoms with Crippen LogP contribution in [0, 0.1) is 0 Å². The number of nitrogens with zero attached hydrogens (tertiary/aromatic N) is 1. The van der Waals surface area contributed by atoms with Crippen molar-refractivity contribution >= 4 is 33.4 Å². The van der Waals surface area contributed by atoms with Crippen LogP contribution < -0.4 is 15.0 Å². The van der Waals surface area contributed by atoms with Gasteiger partial charge in [0.25, 0.3) is 5.91 Å². The van der Waals surface area contributed by atoms with Crippen molar-refractivity contribution in [1.29, 1.82) is 0 Å². The van der Waals surface area contributed by atoms with Gasteiger partial charge in [-0.25, -0.2) is 0 Å². The number of aliphatic hydroxyl groups is 1. The zero-order chi connectivity index (χ0) is 14.7. The maximum atomic E-state index is 11.9. The second kappa shape index (κ2) is 6.23. The summed E-state index contributed by atoms with van der Waals surface area (Å²) in [6.07, 6.45) is 0. The standard InChI is InChI=1S/C13H15BrN2O4/c1-8(6-17)15-12(18)5-16-10-3-2-9(14)4-11(10)20-7-13(16)19/h2-4,8,17H,5-7H2,1H3,(H,15,18). The van der Waals surface area contributed by atoms with Crippen LogP contribution >= 0.6 is 15.9 Å². The van der Waals surface area contributed by atoms with Gasteiger partial charge in [-0.3, -0.25) is 14.5 Å². The fourth-order valence-corrected chi connectivity index (χ4v) is 2.20. The van der Waals surface area contributed by atoms with Gasteiger partial charge in [0.15, 0.2) is 6.61 Å². The first kappa shape index (κ1) is 14.8. The van der Waals surface area contributed by atoms with Crippen LogP contribution in [0.5, 0.6) is 5.75 Å². The number of benzene rings is 1. The van der Waals surface area contributed by atoms with E-state index in [0.717, 1.165) is 4.47 Å². The molecule has 0 saturated heterocycles. The van der Waals surface area contributed by atoms with Crippen LogP contribution in [-0.2, 0) is 9.59 Å². The summed E-state index contributed by atoms with van der Waals surface area (Å²) < 4.78 is 6.17. The number of nitrogens with one attached hydrogen (secondary N) is 1. The Balaban J connectivity index is 2.15. The number of anilines is 1. The summed E-state index contributed by atoms with van der Waals surface area (Å²) in [5, 5.41) is 11.5. The molecule has 0 aliphatic carbocycles. The molecule has 2 rings (SSSR count). The number of aliphatic hydroxyl groups excluding tert-OH is 1. The molecule has 0 saturated carbocycles. The molecular weight excluding hydrogens is 328 g/mol. The highest BCUT2D eigenvalue weighted by molar-refractivity contribution is 9.10. The van der Waals surface area contributed by atoms with E-state index in [1.54, 1.807) is 25.1 Å². The van der Waals surface area contributed by atoms with E-state index in [9.17, 15) is 9.59 Å². The molecule has 2 N–H and O–H groups in total. The summed E-state index contributed by atoms with van der Waals surface area (Å²) in [5.41, 5.74) is 0.566. The lowest BCUT2D eigenvalue weighted by atomic mass is 10.2. The maximum Gasteiger partial charge on any atom is 0.265 e. The Kier molecular flexibility index (Phi) is 4.61. The number of halogens is 1. The van der Waals surface area contributed by atoms with Crippen molar-refractivity contribution in [3.05, 3.63) is 22.7 Å². The van der Waals surface area contributed by atoms with E-state index in [4.69, 9.17) is 9.84 Å². The molecule has 0 spiro atoms. The quantitative estimate of drug-likeness (QED) is 0.842. The highest BCUT2D eigenvalue weighted by atomic mass is 79.9. The second-order valence-electron chi connectivity index (χ2n) is 4.53. The molecule has 0 radical (unpaired) electrons. The second-order valence-corrected chi connectivity index (χ2v) is 5.45. The normalized spacial score (nSPS) is 15.3. The van der Waals surface area contributed by atoms with Crippen LogP contribution in [0.1, 0.15) is 6.92 Å². The molecule has 7 heteroatoms. The molecule has 1 heterocycles. The highest BCUT2D eigenvalue weighted by Crippen LogP contribution is 2.34. The first-order valence-corrected chi connectivity index (χ1v) is 6.93. The van der Waals surface area contributed by atoms with Crippen molar-refractivity contribution < 1.29 is 19.4 Å². The summed E-state index contributed by atoms with van der Waals surface area (Å²) in [4.78, 5) is 25.1. The van der Waals surface area contributed by atoms with Crippen molar-refractivity contribution in [2.45, 2.75) is 13.0 Å². The predicted molar refractivity (Wildman–Crippen MR) is 76.7 cm³/mol. The number of hydrogen-bond donors (Lipinski definition) is 2. The third-order valence-corrected chi connectivity index (χ3v) is 3.34. The molecule has 0 bridgehead atoms. The minimum absolute atomic E-state index is 0.0910. The van der Waals surface area contributed by atoms with Gasteiger partial charge < -0.3 is 15.2 Å². The van der Waals surface area contributed by atoms with Crippen LogP contribution in [0.4, 0.5) is 5.69 Å². The van der Waals surface area contributed by atoms with E-state index >= 15 is 0 Å². The molecule has 6 nitrogen and oxygen atoms in total. The van der Waals surface area contributed by atoms with E-state index in [1.807, 2.05) is 0 Å². The number of carbonyl (C=O) groups is 2. The van der Waals surface area contributed by atoms with Crippen LogP contribution in [-0.4, -0.2) is 42.7 Å². The third-order valence-electron chi connectivity index (χ3n) is 2.85. The van der Waals surface area contributed by atoms with E-state index in [2.05, 4.69) is 21.2 Å². The molecule has 0 fully saturated rings. The van der Waals surface area contributed by atoms with Crippen LogP contribution in [0.2, 0.25) is 0 Å². The molecule has 1 aliphatic heterocycles. The fourth-order valence-electron chi connectivity index (χ4n) is 1.86. The smallest absolute Gasteiger partial charge is 0.265 e. The zero-order valence-corrected chi connectivity index (χ0v) is 12.5.